The molecule has 4 heteroatoms. The lowest BCUT2D eigenvalue weighted by molar-refractivity contribution is 0.0618. The van der Waals surface area contributed by atoms with Gasteiger partial charge in [-0.2, -0.15) is 0 Å². The first kappa shape index (κ1) is 32.0. The van der Waals surface area contributed by atoms with Crippen LogP contribution in [0.3, 0.4) is 0 Å². The highest BCUT2D eigenvalue weighted by Crippen LogP contribution is 2.46. The first-order chi connectivity index (χ1) is 23.7. The number of ether oxygens (including phenoxy) is 2. The Morgan fingerprint density at radius 3 is 1.26 bits per heavy atom. The Labute approximate surface area is 295 Å². The van der Waals surface area contributed by atoms with Crippen LogP contribution in [0.25, 0.3) is 54.9 Å². The fraction of sp³-hybridized carbons (Fsp3) is 0.261. The van der Waals surface area contributed by atoms with E-state index in [1.54, 1.807) is 0 Å². The molecule has 0 spiro atoms. The van der Waals surface area contributed by atoms with E-state index in [0.29, 0.717) is 11.8 Å². The number of nitrogens with zero attached hydrogens (tertiary/aromatic N) is 2. The van der Waals surface area contributed by atoms with Crippen molar-refractivity contribution in [3.05, 3.63) is 132 Å². The molecular weight excluding hydrogens is 613 g/mol. The Hall–Kier alpha value is -5.22. The highest BCUT2D eigenvalue weighted by Gasteiger charge is 2.46. The van der Waals surface area contributed by atoms with Crippen LogP contribution in [0.1, 0.15) is 66.5 Å². The molecule has 2 aliphatic heterocycles. The molecule has 250 valence electrons. The minimum atomic E-state index is -0.404. The molecular formula is C46H44N2O2. The predicted octanol–water partition coefficient (Wildman–Crippen LogP) is 11.7. The predicted molar refractivity (Wildman–Crippen MR) is 209 cm³/mol. The topological polar surface area (TPSA) is 43.2 Å². The van der Waals surface area contributed by atoms with Crippen molar-refractivity contribution in [1.82, 2.24) is 0 Å². The van der Waals surface area contributed by atoms with Gasteiger partial charge in [-0.15, -0.1) is 0 Å². The van der Waals surface area contributed by atoms with Crippen LogP contribution < -0.4 is 0 Å². The molecule has 0 saturated heterocycles. The molecule has 0 N–H and O–H groups in total. The van der Waals surface area contributed by atoms with Crippen LogP contribution >= 0.6 is 0 Å². The van der Waals surface area contributed by atoms with Crippen LogP contribution in [-0.2, 0) is 9.47 Å². The van der Waals surface area contributed by atoms with Crippen molar-refractivity contribution in [2.75, 3.05) is 0 Å². The molecule has 4 nitrogen and oxygen atoms in total. The summed E-state index contributed by atoms with van der Waals surface area (Å²) >= 11 is 0. The summed E-state index contributed by atoms with van der Waals surface area (Å²) in [7, 11) is 0. The highest BCUT2D eigenvalue weighted by molar-refractivity contribution is 6.22. The molecule has 0 atom stereocenters. The first-order valence-corrected chi connectivity index (χ1v) is 17.6. The molecule has 6 aromatic carbocycles. The van der Waals surface area contributed by atoms with Gasteiger partial charge < -0.3 is 9.47 Å². The maximum Gasteiger partial charge on any atom is 0.217 e. The van der Waals surface area contributed by atoms with E-state index >= 15 is 0 Å². The zero-order valence-electron chi connectivity index (χ0n) is 30.3. The second-order valence-corrected chi connectivity index (χ2v) is 15.8. The van der Waals surface area contributed by atoms with Crippen molar-refractivity contribution < 1.29 is 9.47 Å². The van der Waals surface area contributed by atoms with Gasteiger partial charge >= 0.3 is 0 Å². The third kappa shape index (κ3) is 5.12. The Morgan fingerprint density at radius 1 is 0.360 bits per heavy atom. The van der Waals surface area contributed by atoms with E-state index in [4.69, 9.17) is 19.5 Å². The van der Waals surface area contributed by atoms with Crippen molar-refractivity contribution in [3.8, 4) is 33.4 Å². The normalized spacial score (nSPS) is 18.4. The summed E-state index contributed by atoms with van der Waals surface area (Å²) in [6, 6.07) is 43.7. The van der Waals surface area contributed by atoms with Gasteiger partial charge in [0.05, 0.1) is 11.1 Å². The molecule has 2 aliphatic rings. The summed E-state index contributed by atoms with van der Waals surface area (Å²) in [5.74, 6) is 1.39. The van der Waals surface area contributed by atoms with E-state index in [1.807, 2.05) is 0 Å². The zero-order chi connectivity index (χ0) is 35.1. The van der Waals surface area contributed by atoms with E-state index in [9.17, 15) is 0 Å². The minimum absolute atomic E-state index is 0.331. The van der Waals surface area contributed by atoms with Gasteiger partial charge in [-0.3, -0.25) is 0 Å². The molecule has 0 amide bonds. The maximum absolute atomic E-state index is 6.48. The van der Waals surface area contributed by atoms with Gasteiger partial charge in [0, 0.05) is 11.1 Å². The van der Waals surface area contributed by atoms with E-state index in [-0.39, 0.29) is 11.1 Å². The Kier molecular flexibility index (Phi) is 7.14. The Morgan fingerprint density at radius 2 is 0.780 bits per heavy atom. The quantitative estimate of drug-likeness (QED) is 0.173. The molecule has 2 heterocycles. The molecule has 50 heavy (non-hydrogen) atoms. The second-order valence-electron chi connectivity index (χ2n) is 15.8. The molecule has 0 saturated carbocycles. The lowest BCUT2D eigenvalue weighted by atomic mass is 9.84. The third-order valence-corrected chi connectivity index (χ3v) is 11.3. The van der Waals surface area contributed by atoms with Crippen molar-refractivity contribution in [3.63, 3.8) is 0 Å². The van der Waals surface area contributed by atoms with Gasteiger partial charge in [0.15, 0.2) is 0 Å². The van der Waals surface area contributed by atoms with Gasteiger partial charge in [-0.1, -0.05) is 91.0 Å². The lowest BCUT2D eigenvalue weighted by Gasteiger charge is -2.30. The van der Waals surface area contributed by atoms with E-state index in [2.05, 4.69) is 177 Å². The summed E-state index contributed by atoms with van der Waals surface area (Å²) in [5.41, 5.74) is 7.51. The molecule has 0 fully saturated rings. The molecule has 0 aliphatic carbocycles. The van der Waals surface area contributed by atoms with Crippen LogP contribution in [0, 0.1) is 0 Å². The summed E-state index contributed by atoms with van der Waals surface area (Å²) in [5, 5.41) is 4.76. The van der Waals surface area contributed by atoms with Crippen molar-refractivity contribution in [1.29, 1.82) is 0 Å². The number of rotatable bonds is 5. The fourth-order valence-corrected chi connectivity index (χ4v) is 7.03. The molecule has 0 radical (unpaired) electrons. The van der Waals surface area contributed by atoms with Crippen LogP contribution in [0.5, 0.6) is 0 Å². The number of hydrogen-bond donors (Lipinski definition) is 0. The molecule has 0 unspecified atom stereocenters. The summed E-state index contributed by atoms with van der Waals surface area (Å²) in [6.45, 7) is 17.0. The maximum atomic E-state index is 6.48. The lowest BCUT2D eigenvalue weighted by Crippen LogP contribution is -2.41. The molecule has 6 aromatic rings. The van der Waals surface area contributed by atoms with Crippen LogP contribution in [0.4, 0.5) is 0 Å². The van der Waals surface area contributed by atoms with Crippen LogP contribution in [0.15, 0.2) is 131 Å². The minimum Gasteiger partial charge on any atom is -0.469 e. The van der Waals surface area contributed by atoms with E-state index in [0.717, 1.165) is 22.3 Å². The average Bonchev–Trinajstić information content (AvgIpc) is 3.46. The van der Waals surface area contributed by atoms with Gasteiger partial charge in [-0.05, 0) is 141 Å². The highest BCUT2D eigenvalue weighted by atomic mass is 16.5. The van der Waals surface area contributed by atoms with Crippen LogP contribution in [0.2, 0.25) is 0 Å². The smallest absolute Gasteiger partial charge is 0.217 e. The van der Waals surface area contributed by atoms with Crippen molar-refractivity contribution in [2.45, 2.75) is 77.7 Å². The van der Waals surface area contributed by atoms with Gasteiger partial charge in [0.2, 0.25) is 11.8 Å². The first-order valence-electron chi connectivity index (χ1n) is 17.6. The van der Waals surface area contributed by atoms with Gasteiger partial charge in [-0.25, -0.2) is 9.98 Å². The molecule has 0 aromatic heterocycles. The van der Waals surface area contributed by atoms with Crippen LogP contribution in [-0.4, -0.2) is 34.1 Å². The summed E-state index contributed by atoms with van der Waals surface area (Å²) in [6.07, 6.45) is 0. The number of fused-ring (bicyclic) bond motifs is 2. The monoisotopic (exact) mass is 656 g/mol. The third-order valence-electron chi connectivity index (χ3n) is 11.3. The van der Waals surface area contributed by atoms with Crippen molar-refractivity contribution >= 4 is 33.3 Å². The summed E-state index contributed by atoms with van der Waals surface area (Å²) < 4.78 is 12.9. The fourth-order valence-electron chi connectivity index (χ4n) is 7.03. The Bertz CT molecular complexity index is 2380. The SMILES string of the molecule is CC1(C)N=C(c2cccc(-c3c4ccccc4c(-c4cccc(C5=NC(C)(C)C(C)(C)O5)c4)c4cc(-c5ccccc5)ccc34)c2)OC1(C)C. The Balaban J connectivity index is 1.38. The molecule has 8 rings (SSSR count). The standard InChI is InChI=1S/C46H44N2O2/c1-43(2)45(5,6)49-41(47-43)33-20-14-18-31(26-33)39-35-22-12-13-23-36(35)40(38-28-30(24-25-37(38)39)29-16-10-9-11-17-29)32-19-15-21-34(27-32)42-48-44(3,4)46(7,8)50-42/h9-28H,1-8H3. The zero-order valence-corrected chi connectivity index (χ0v) is 30.3. The largest absolute Gasteiger partial charge is 0.469 e. The van der Waals surface area contributed by atoms with Crippen molar-refractivity contribution in [2.24, 2.45) is 9.98 Å². The average molecular weight is 657 g/mol. The number of benzene rings is 6. The van der Waals surface area contributed by atoms with Gasteiger partial charge in [0.25, 0.3) is 0 Å². The molecule has 0 bridgehead atoms. The van der Waals surface area contributed by atoms with E-state index < -0.39 is 11.2 Å². The number of aliphatic imine (C=N–C) groups is 2. The van der Waals surface area contributed by atoms with E-state index in [1.165, 1.54) is 43.8 Å². The number of hydrogen-bond acceptors (Lipinski definition) is 4. The van der Waals surface area contributed by atoms with Gasteiger partial charge in [0.1, 0.15) is 11.2 Å². The second kappa shape index (κ2) is 11.1. The summed E-state index contributed by atoms with van der Waals surface area (Å²) in [4.78, 5) is 10.1.